The van der Waals surface area contributed by atoms with E-state index in [0.29, 0.717) is 11.1 Å². The summed E-state index contributed by atoms with van der Waals surface area (Å²) in [7, 11) is 0. The molecule has 0 radical (unpaired) electrons. The second kappa shape index (κ2) is 8.70. The molecule has 9 nitrogen and oxygen atoms in total. The van der Waals surface area contributed by atoms with Crippen molar-refractivity contribution in [3.63, 3.8) is 0 Å². The summed E-state index contributed by atoms with van der Waals surface area (Å²) in [6.45, 7) is 4.71. The molecule has 1 amide bonds. The van der Waals surface area contributed by atoms with Gasteiger partial charge < -0.3 is 9.84 Å². The summed E-state index contributed by atoms with van der Waals surface area (Å²) in [4.78, 5) is 43.7. The molecule has 1 aliphatic heterocycles. The number of amides is 1. The number of nitro groups is 1. The molecule has 0 aromatic heterocycles. The smallest absolute Gasteiger partial charge is 0.344 e. The maximum atomic E-state index is 12.6. The first-order chi connectivity index (χ1) is 14.7. The van der Waals surface area contributed by atoms with Crippen molar-refractivity contribution in [1.29, 1.82) is 0 Å². The lowest BCUT2D eigenvalue weighted by molar-refractivity contribution is -0.384. The van der Waals surface area contributed by atoms with Crippen molar-refractivity contribution in [3.05, 3.63) is 86.7 Å². The van der Waals surface area contributed by atoms with Crippen LogP contribution in [0.2, 0.25) is 0 Å². The largest absolute Gasteiger partial charge is 0.512 e. The zero-order valence-corrected chi connectivity index (χ0v) is 17.0. The van der Waals surface area contributed by atoms with Crippen LogP contribution in [-0.4, -0.2) is 39.6 Å². The van der Waals surface area contributed by atoms with E-state index in [1.807, 2.05) is 0 Å². The first-order valence-corrected chi connectivity index (χ1v) is 9.36. The van der Waals surface area contributed by atoms with E-state index in [9.17, 15) is 24.8 Å². The highest BCUT2D eigenvalue weighted by Gasteiger charge is 2.31. The molecule has 2 aromatic carbocycles. The van der Waals surface area contributed by atoms with Gasteiger partial charge in [0.25, 0.3) is 11.6 Å². The van der Waals surface area contributed by atoms with E-state index in [0.717, 1.165) is 0 Å². The summed E-state index contributed by atoms with van der Waals surface area (Å²) >= 11 is 0. The van der Waals surface area contributed by atoms with Crippen molar-refractivity contribution < 1.29 is 24.4 Å². The fourth-order valence-corrected chi connectivity index (χ4v) is 2.96. The summed E-state index contributed by atoms with van der Waals surface area (Å²) in [6, 6.07) is 11.9. The minimum absolute atomic E-state index is 0.0602. The van der Waals surface area contributed by atoms with Gasteiger partial charge in [-0.15, -0.1) is 0 Å². The van der Waals surface area contributed by atoms with E-state index in [1.54, 1.807) is 38.1 Å². The van der Waals surface area contributed by atoms with Crippen LogP contribution in [0, 0.1) is 10.1 Å². The van der Waals surface area contributed by atoms with Crippen molar-refractivity contribution in [1.82, 2.24) is 0 Å². The molecular formula is C22H19N3O6. The number of nitrogens with zero attached hydrogens (tertiary/aromatic N) is 3. The van der Waals surface area contributed by atoms with E-state index in [1.165, 1.54) is 31.2 Å². The summed E-state index contributed by atoms with van der Waals surface area (Å²) in [6.07, 6.45) is -0.407. The maximum absolute atomic E-state index is 12.6. The number of carbonyl (C=O) groups excluding carboxylic acids is 2. The number of benzene rings is 2. The number of aliphatic imine (C=N–C) groups is 2. The number of hydrogen-bond donors (Lipinski definition) is 1. The zero-order chi connectivity index (χ0) is 22.7. The Kier molecular flexibility index (Phi) is 6.05. The summed E-state index contributed by atoms with van der Waals surface area (Å²) in [5.41, 5.74) is 1.05. The lowest BCUT2D eigenvalue weighted by Crippen LogP contribution is -2.21. The number of carbonyl (C=O) groups is 2. The molecular weight excluding hydrogens is 402 g/mol. The fraction of sp³-hybridized carbons (Fsp3) is 0.182. The van der Waals surface area contributed by atoms with Crippen LogP contribution in [0.5, 0.6) is 0 Å². The summed E-state index contributed by atoms with van der Waals surface area (Å²) < 4.78 is 5.22. The van der Waals surface area contributed by atoms with Gasteiger partial charge in [0, 0.05) is 28.8 Å². The third kappa shape index (κ3) is 4.55. The first kappa shape index (κ1) is 21.6. The molecule has 9 heteroatoms. The van der Waals surface area contributed by atoms with Crippen LogP contribution in [0.3, 0.4) is 0 Å². The van der Waals surface area contributed by atoms with Gasteiger partial charge in [-0.3, -0.25) is 14.9 Å². The standard InChI is InChI=1S/C22H19N3O6/c1-12(2)31-22(28)18(13(3)26)19-16-6-4-5-7-17(16)20(23-19)24-21(27)14-8-10-15(11-9-14)25(29)30/h4-12,26H,1-3H3/b18-13+,24-20?. The highest BCUT2D eigenvalue weighted by atomic mass is 16.6. The number of aliphatic hydroxyl groups excluding tert-OH is 1. The molecule has 158 valence electrons. The van der Waals surface area contributed by atoms with Gasteiger partial charge >= 0.3 is 5.97 Å². The second-order valence-corrected chi connectivity index (χ2v) is 6.97. The van der Waals surface area contributed by atoms with E-state index in [4.69, 9.17) is 4.74 Å². The van der Waals surface area contributed by atoms with Gasteiger partial charge in [0.2, 0.25) is 0 Å². The molecule has 31 heavy (non-hydrogen) atoms. The normalized spacial score (nSPS) is 14.7. The van der Waals surface area contributed by atoms with Gasteiger partial charge in [0.15, 0.2) is 5.84 Å². The average molecular weight is 421 g/mol. The Hall–Kier alpha value is -4.14. The minimum atomic E-state index is -0.744. The average Bonchev–Trinajstić information content (AvgIpc) is 3.05. The number of hydrogen-bond acceptors (Lipinski definition) is 6. The zero-order valence-electron chi connectivity index (χ0n) is 17.0. The molecule has 0 fully saturated rings. The molecule has 0 unspecified atom stereocenters. The molecule has 0 bridgehead atoms. The Morgan fingerprint density at radius 1 is 1.10 bits per heavy atom. The topological polar surface area (TPSA) is 131 Å². The van der Waals surface area contributed by atoms with Crippen LogP contribution in [0.4, 0.5) is 5.69 Å². The highest BCUT2D eigenvalue weighted by Crippen LogP contribution is 2.26. The highest BCUT2D eigenvalue weighted by molar-refractivity contribution is 6.36. The fourth-order valence-electron chi connectivity index (χ4n) is 2.96. The van der Waals surface area contributed by atoms with Crippen molar-refractivity contribution in [2.24, 2.45) is 9.98 Å². The molecule has 1 N–H and O–H groups in total. The van der Waals surface area contributed by atoms with E-state index in [2.05, 4.69) is 9.98 Å². The Bertz CT molecular complexity index is 1160. The number of fused-ring (bicyclic) bond motifs is 1. The predicted octanol–water partition coefficient (Wildman–Crippen LogP) is 3.77. The molecule has 3 rings (SSSR count). The number of esters is 1. The SMILES string of the molecule is C/C(O)=C(\C(=O)OC(C)C)C1=NC(=NC(=O)c2ccc([N+](=O)[O-])cc2)c2ccccc21. The van der Waals surface area contributed by atoms with Crippen LogP contribution in [-0.2, 0) is 9.53 Å². The predicted molar refractivity (Wildman–Crippen MR) is 113 cm³/mol. The third-order valence-corrected chi connectivity index (χ3v) is 4.32. The quantitative estimate of drug-likeness (QED) is 0.257. The van der Waals surface area contributed by atoms with Crippen molar-refractivity contribution in [2.75, 3.05) is 0 Å². The van der Waals surface area contributed by atoms with Crippen molar-refractivity contribution in [3.8, 4) is 0 Å². The number of non-ortho nitro benzene ring substituents is 1. The minimum Gasteiger partial charge on any atom is -0.512 e. The molecule has 1 heterocycles. The number of nitro benzene ring substituents is 1. The van der Waals surface area contributed by atoms with E-state index in [-0.39, 0.29) is 34.1 Å². The molecule has 1 aliphatic rings. The van der Waals surface area contributed by atoms with Crippen LogP contribution in [0.15, 0.2) is 69.8 Å². The first-order valence-electron chi connectivity index (χ1n) is 9.36. The van der Waals surface area contributed by atoms with E-state index < -0.39 is 22.9 Å². The lowest BCUT2D eigenvalue weighted by atomic mass is 9.99. The number of ether oxygens (including phenoxy) is 1. The van der Waals surface area contributed by atoms with Crippen LogP contribution in [0.25, 0.3) is 0 Å². The monoisotopic (exact) mass is 421 g/mol. The molecule has 0 saturated carbocycles. The number of rotatable bonds is 5. The number of amidine groups is 1. The number of aliphatic hydroxyl groups is 1. The molecule has 0 saturated heterocycles. The Morgan fingerprint density at radius 3 is 2.26 bits per heavy atom. The summed E-state index contributed by atoms with van der Waals surface area (Å²) in [5.74, 6) is -1.61. The summed E-state index contributed by atoms with van der Waals surface area (Å²) in [5, 5.41) is 20.9. The van der Waals surface area contributed by atoms with Gasteiger partial charge in [-0.2, -0.15) is 4.99 Å². The molecule has 0 spiro atoms. The van der Waals surface area contributed by atoms with Crippen molar-refractivity contribution in [2.45, 2.75) is 26.9 Å². The van der Waals surface area contributed by atoms with Gasteiger partial charge in [0.1, 0.15) is 11.3 Å². The van der Waals surface area contributed by atoms with Gasteiger partial charge in [0.05, 0.1) is 16.7 Å². The second-order valence-electron chi connectivity index (χ2n) is 6.97. The van der Waals surface area contributed by atoms with Crippen molar-refractivity contribution >= 4 is 29.1 Å². The maximum Gasteiger partial charge on any atom is 0.344 e. The van der Waals surface area contributed by atoms with Gasteiger partial charge in [-0.1, -0.05) is 24.3 Å². The Balaban J connectivity index is 2.04. The third-order valence-electron chi connectivity index (χ3n) is 4.32. The van der Waals surface area contributed by atoms with E-state index >= 15 is 0 Å². The molecule has 2 aromatic rings. The Labute approximate surface area is 177 Å². The lowest BCUT2D eigenvalue weighted by Gasteiger charge is -2.12. The van der Waals surface area contributed by atoms with Gasteiger partial charge in [-0.05, 0) is 32.9 Å². The Morgan fingerprint density at radius 2 is 1.71 bits per heavy atom. The molecule has 0 atom stereocenters. The molecule has 0 aliphatic carbocycles. The van der Waals surface area contributed by atoms with Crippen LogP contribution >= 0.6 is 0 Å². The van der Waals surface area contributed by atoms with Gasteiger partial charge in [-0.25, -0.2) is 9.79 Å². The van der Waals surface area contributed by atoms with Crippen LogP contribution < -0.4 is 0 Å². The number of allylic oxidation sites excluding steroid dienone is 1. The van der Waals surface area contributed by atoms with Crippen LogP contribution in [0.1, 0.15) is 42.3 Å².